The van der Waals surface area contributed by atoms with Crippen molar-refractivity contribution in [3.05, 3.63) is 42.5 Å². The molecule has 1 aliphatic carbocycles. The van der Waals surface area contributed by atoms with E-state index in [9.17, 15) is 9.90 Å². The Labute approximate surface area is 103 Å². The molecule has 1 amide bonds. The topological polar surface area (TPSA) is 75.4 Å². The number of pyridine rings is 1. The van der Waals surface area contributed by atoms with Gasteiger partial charge in [-0.1, -0.05) is 0 Å². The average molecular weight is 244 g/mol. The number of carbonyl (C=O) groups is 1. The zero-order valence-electron chi connectivity index (χ0n) is 9.54. The van der Waals surface area contributed by atoms with Crippen LogP contribution >= 0.6 is 0 Å². The molecule has 5 nitrogen and oxygen atoms in total. The predicted molar refractivity (Wildman–Crippen MR) is 64.1 cm³/mol. The molecule has 2 aromatic rings. The summed E-state index contributed by atoms with van der Waals surface area (Å²) in [4.78, 5) is 15.8. The van der Waals surface area contributed by atoms with Gasteiger partial charge in [0.25, 0.3) is 0 Å². The Morgan fingerprint density at radius 2 is 2.33 bits per heavy atom. The lowest BCUT2D eigenvalue weighted by atomic mass is 10.2. The summed E-state index contributed by atoms with van der Waals surface area (Å²) in [6, 6.07) is 6.77. The molecule has 2 heterocycles. The molecule has 2 atom stereocenters. The fraction of sp³-hybridized carbons (Fsp3) is 0.231. The maximum absolute atomic E-state index is 11.9. The molecule has 1 saturated carbocycles. The van der Waals surface area contributed by atoms with Crippen LogP contribution in [0.25, 0.3) is 0 Å². The number of nitrogens with zero attached hydrogens (tertiary/aromatic N) is 1. The third kappa shape index (κ3) is 1.95. The van der Waals surface area contributed by atoms with Crippen LogP contribution in [0.2, 0.25) is 0 Å². The van der Waals surface area contributed by atoms with E-state index in [2.05, 4.69) is 10.3 Å². The molecule has 2 aromatic heterocycles. The van der Waals surface area contributed by atoms with E-state index in [0.29, 0.717) is 0 Å². The van der Waals surface area contributed by atoms with Crippen molar-refractivity contribution in [1.82, 2.24) is 4.98 Å². The van der Waals surface area contributed by atoms with Gasteiger partial charge in [0, 0.05) is 18.0 Å². The lowest BCUT2D eigenvalue weighted by Gasteiger charge is -2.04. The summed E-state index contributed by atoms with van der Waals surface area (Å²) in [5, 5.41) is 12.1. The molecule has 1 fully saturated rings. The van der Waals surface area contributed by atoms with E-state index < -0.39 is 0 Å². The highest BCUT2D eigenvalue weighted by Crippen LogP contribution is 2.48. The van der Waals surface area contributed by atoms with Crippen molar-refractivity contribution in [1.29, 1.82) is 0 Å². The SMILES string of the molecule is O=C(Nc1ncccc1O)[C@@H]1C[C@H]1c1ccco1. The summed E-state index contributed by atoms with van der Waals surface area (Å²) in [6.45, 7) is 0. The van der Waals surface area contributed by atoms with E-state index in [1.807, 2.05) is 12.1 Å². The molecular weight excluding hydrogens is 232 g/mol. The molecule has 3 rings (SSSR count). The van der Waals surface area contributed by atoms with Crippen molar-refractivity contribution >= 4 is 11.7 Å². The minimum Gasteiger partial charge on any atom is -0.504 e. The predicted octanol–water partition coefficient (Wildman–Crippen LogP) is 2.12. The van der Waals surface area contributed by atoms with Crippen LogP contribution in [0.15, 0.2) is 41.1 Å². The fourth-order valence-corrected chi connectivity index (χ4v) is 2.00. The van der Waals surface area contributed by atoms with Gasteiger partial charge in [0.1, 0.15) is 5.76 Å². The Morgan fingerprint density at radius 3 is 3.06 bits per heavy atom. The molecule has 5 heteroatoms. The van der Waals surface area contributed by atoms with Gasteiger partial charge in [0.05, 0.1) is 6.26 Å². The molecule has 0 saturated heterocycles. The first-order chi connectivity index (χ1) is 8.75. The number of carbonyl (C=O) groups excluding carboxylic acids is 1. The van der Waals surface area contributed by atoms with Crippen molar-refractivity contribution < 1.29 is 14.3 Å². The van der Waals surface area contributed by atoms with Crippen molar-refractivity contribution in [3.8, 4) is 5.75 Å². The van der Waals surface area contributed by atoms with E-state index in [0.717, 1.165) is 12.2 Å². The first-order valence-corrected chi connectivity index (χ1v) is 5.74. The van der Waals surface area contributed by atoms with Crippen molar-refractivity contribution in [2.75, 3.05) is 5.32 Å². The minimum atomic E-state index is -0.134. The number of hydrogen-bond donors (Lipinski definition) is 2. The molecule has 18 heavy (non-hydrogen) atoms. The molecule has 1 aliphatic rings. The van der Waals surface area contributed by atoms with E-state index in [1.165, 1.54) is 12.3 Å². The fourth-order valence-electron chi connectivity index (χ4n) is 2.00. The Morgan fingerprint density at radius 1 is 1.44 bits per heavy atom. The van der Waals surface area contributed by atoms with Gasteiger partial charge >= 0.3 is 0 Å². The van der Waals surface area contributed by atoms with E-state index in [-0.39, 0.29) is 29.3 Å². The summed E-state index contributed by atoms with van der Waals surface area (Å²) < 4.78 is 5.27. The number of furan rings is 1. The van der Waals surface area contributed by atoms with Gasteiger partial charge in [-0.25, -0.2) is 4.98 Å². The Bertz CT molecular complexity index is 565. The van der Waals surface area contributed by atoms with Gasteiger partial charge in [-0.2, -0.15) is 0 Å². The lowest BCUT2D eigenvalue weighted by molar-refractivity contribution is -0.117. The van der Waals surface area contributed by atoms with Gasteiger partial charge < -0.3 is 14.8 Å². The summed E-state index contributed by atoms with van der Waals surface area (Å²) in [7, 11) is 0. The Balaban J connectivity index is 1.66. The first-order valence-electron chi connectivity index (χ1n) is 5.74. The zero-order valence-corrected chi connectivity index (χ0v) is 9.54. The number of hydrogen-bond acceptors (Lipinski definition) is 4. The van der Waals surface area contributed by atoms with E-state index in [4.69, 9.17) is 4.42 Å². The highest BCUT2D eigenvalue weighted by Gasteiger charge is 2.46. The average Bonchev–Trinajstić information content (AvgIpc) is 2.99. The molecule has 0 unspecified atom stereocenters. The maximum Gasteiger partial charge on any atom is 0.229 e. The van der Waals surface area contributed by atoms with Gasteiger partial charge in [-0.15, -0.1) is 0 Å². The van der Waals surface area contributed by atoms with Gasteiger partial charge in [-0.05, 0) is 30.7 Å². The van der Waals surface area contributed by atoms with Crippen LogP contribution < -0.4 is 5.32 Å². The molecule has 0 aromatic carbocycles. The normalized spacial score (nSPS) is 21.6. The van der Waals surface area contributed by atoms with Crippen LogP contribution in [0.1, 0.15) is 18.1 Å². The third-order valence-corrected chi connectivity index (χ3v) is 3.06. The van der Waals surface area contributed by atoms with Gasteiger partial charge in [0.2, 0.25) is 5.91 Å². The largest absolute Gasteiger partial charge is 0.504 e. The molecule has 0 radical (unpaired) electrons. The van der Waals surface area contributed by atoms with Gasteiger partial charge in [0.15, 0.2) is 11.6 Å². The Hall–Kier alpha value is -2.30. The second kappa shape index (κ2) is 4.18. The molecule has 0 bridgehead atoms. The number of aromatic hydroxyl groups is 1. The quantitative estimate of drug-likeness (QED) is 0.867. The number of aromatic nitrogens is 1. The van der Waals surface area contributed by atoms with E-state index in [1.54, 1.807) is 12.3 Å². The molecular formula is C13H12N2O3. The summed E-state index contributed by atoms with van der Waals surface area (Å²) in [6.07, 6.45) is 3.90. The van der Waals surface area contributed by atoms with Crippen LogP contribution in [0, 0.1) is 5.92 Å². The number of nitrogens with one attached hydrogen (secondary N) is 1. The third-order valence-electron chi connectivity index (χ3n) is 3.06. The van der Waals surface area contributed by atoms with Crippen molar-refractivity contribution in [2.24, 2.45) is 5.92 Å². The van der Waals surface area contributed by atoms with Crippen LogP contribution in [0.5, 0.6) is 5.75 Å². The summed E-state index contributed by atoms with van der Waals surface area (Å²) in [5.41, 5.74) is 0. The highest BCUT2D eigenvalue weighted by molar-refractivity contribution is 5.95. The second-order valence-corrected chi connectivity index (χ2v) is 4.32. The second-order valence-electron chi connectivity index (χ2n) is 4.32. The smallest absolute Gasteiger partial charge is 0.229 e. The molecule has 92 valence electrons. The minimum absolute atomic E-state index is 0.0268. The molecule has 0 aliphatic heterocycles. The zero-order chi connectivity index (χ0) is 12.5. The van der Waals surface area contributed by atoms with Crippen LogP contribution in [0.4, 0.5) is 5.82 Å². The van der Waals surface area contributed by atoms with Crippen LogP contribution in [-0.2, 0) is 4.79 Å². The maximum atomic E-state index is 11.9. The van der Waals surface area contributed by atoms with Crippen LogP contribution in [0.3, 0.4) is 0 Å². The van der Waals surface area contributed by atoms with Gasteiger partial charge in [-0.3, -0.25) is 4.79 Å². The molecule has 2 N–H and O–H groups in total. The lowest BCUT2D eigenvalue weighted by Crippen LogP contribution is -2.15. The van der Waals surface area contributed by atoms with Crippen LogP contribution in [-0.4, -0.2) is 16.0 Å². The summed E-state index contributed by atoms with van der Waals surface area (Å²) >= 11 is 0. The number of amides is 1. The standard InChI is InChI=1S/C13H12N2O3/c16-10-3-1-5-14-12(10)15-13(17)9-7-8(9)11-4-2-6-18-11/h1-6,8-9,16H,7H2,(H,14,15,17)/t8-,9-/m1/s1. The van der Waals surface area contributed by atoms with Crippen molar-refractivity contribution in [2.45, 2.75) is 12.3 Å². The Kier molecular flexibility index (Phi) is 2.51. The summed E-state index contributed by atoms with van der Waals surface area (Å²) in [5.74, 6) is 0.919. The number of rotatable bonds is 3. The monoisotopic (exact) mass is 244 g/mol. The number of anilines is 1. The first kappa shape index (κ1) is 10.8. The molecule has 0 spiro atoms. The highest BCUT2D eigenvalue weighted by atomic mass is 16.3. The van der Waals surface area contributed by atoms with Crippen molar-refractivity contribution in [3.63, 3.8) is 0 Å². The van der Waals surface area contributed by atoms with E-state index >= 15 is 0 Å².